The van der Waals surface area contributed by atoms with Crippen molar-refractivity contribution in [1.82, 2.24) is 19.6 Å². The van der Waals surface area contributed by atoms with Crippen molar-refractivity contribution >= 4 is 44.7 Å². The second-order valence-electron chi connectivity index (χ2n) is 8.06. The topological polar surface area (TPSA) is 115 Å². The predicted molar refractivity (Wildman–Crippen MR) is 129 cm³/mol. The molecule has 0 atom stereocenters. The van der Waals surface area contributed by atoms with E-state index in [1.165, 1.54) is 10.7 Å². The largest absolute Gasteiger partial charge is 0.433 e. The first-order chi connectivity index (χ1) is 17.0. The van der Waals surface area contributed by atoms with E-state index in [2.05, 4.69) is 20.4 Å². The molecule has 36 heavy (non-hydrogen) atoms. The van der Waals surface area contributed by atoms with Crippen molar-refractivity contribution in [1.29, 1.82) is 0 Å². The molecular formula is C24H17F3N6O2S. The second kappa shape index (κ2) is 8.41. The third kappa shape index (κ3) is 3.94. The van der Waals surface area contributed by atoms with E-state index >= 15 is 0 Å². The van der Waals surface area contributed by atoms with Gasteiger partial charge in [0.15, 0.2) is 5.65 Å². The first kappa shape index (κ1) is 23.4. The highest BCUT2D eigenvalue weighted by Crippen LogP contribution is 2.43. The van der Waals surface area contributed by atoms with Gasteiger partial charge in [0, 0.05) is 16.8 Å². The van der Waals surface area contributed by atoms with Crippen molar-refractivity contribution in [3.8, 4) is 11.1 Å². The van der Waals surface area contributed by atoms with Crippen LogP contribution in [0.4, 0.5) is 18.9 Å². The number of carbonyl (C=O) groups is 2. The first-order valence-corrected chi connectivity index (χ1v) is 11.4. The molecule has 0 radical (unpaired) electrons. The van der Waals surface area contributed by atoms with E-state index in [9.17, 15) is 22.8 Å². The SMILES string of the molecule is Cc1cc(C)n2ncc(C(=O)Nc3c(C(N)=O)sc4nc(C(F)(F)F)cc(-c5ccccc5)c34)c2n1. The number of pyridine rings is 1. The molecule has 4 aromatic heterocycles. The average Bonchev–Trinajstić information content (AvgIpc) is 3.40. The molecule has 0 saturated carbocycles. The standard InChI is InChI=1S/C24H17F3N6O2S/c1-11-8-12(2)33-21(30-11)15(10-29-33)22(35)32-18-17-14(13-6-4-3-5-7-13)9-16(24(25,26)27)31-23(17)36-19(18)20(28)34/h3-10H,1-2H3,(H2,28,34)(H,32,35). The summed E-state index contributed by atoms with van der Waals surface area (Å²) >= 11 is 0.682. The Bertz CT molecular complexity index is 1670. The summed E-state index contributed by atoms with van der Waals surface area (Å²) in [5, 5.41) is 7.05. The second-order valence-corrected chi connectivity index (χ2v) is 9.06. The zero-order chi connectivity index (χ0) is 25.8. The fraction of sp³-hybridized carbons (Fsp3) is 0.125. The van der Waals surface area contributed by atoms with Gasteiger partial charge in [-0.1, -0.05) is 30.3 Å². The fourth-order valence-corrected chi connectivity index (χ4v) is 5.00. The van der Waals surface area contributed by atoms with Crippen molar-refractivity contribution < 1.29 is 22.8 Å². The lowest BCUT2D eigenvalue weighted by atomic mass is 10.0. The first-order valence-electron chi connectivity index (χ1n) is 10.6. The molecule has 0 bridgehead atoms. The lowest BCUT2D eigenvalue weighted by Gasteiger charge is -2.12. The van der Waals surface area contributed by atoms with Crippen LogP contribution < -0.4 is 11.1 Å². The monoisotopic (exact) mass is 510 g/mol. The minimum Gasteiger partial charge on any atom is -0.365 e. The zero-order valence-corrected chi connectivity index (χ0v) is 19.7. The number of alkyl halides is 3. The zero-order valence-electron chi connectivity index (χ0n) is 18.8. The third-order valence-electron chi connectivity index (χ3n) is 5.52. The number of carbonyl (C=O) groups excluding carboxylic acids is 2. The summed E-state index contributed by atoms with van der Waals surface area (Å²) in [5.41, 5.74) is 6.86. The molecule has 0 unspecified atom stereocenters. The number of fused-ring (bicyclic) bond motifs is 2. The molecule has 4 heterocycles. The van der Waals surface area contributed by atoms with Crippen LogP contribution >= 0.6 is 11.3 Å². The highest BCUT2D eigenvalue weighted by molar-refractivity contribution is 7.21. The van der Waals surface area contributed by atoms with Gasteiger partial charge in [-0.05, 0) is 37.1 Å². The fourth-order valence-electron chi connectivity index (χ4n) is 3.99. The van der Waals surface area contributed by atoms with Gasteiger partial charge in [-0.15, -0.1) is 11.3 Å². The van der Waals surface area contributed by atoms with E-state index in [0.717, 1.165) is 11.8 Å². The Morgan fingerprint density at radius 1 is 1.08 bits per heavy atom. The molecule has 12 heteroatoms. The molecule has 0 aliphatic rings. The molecule has 0 aliphatic heterocycles. The van der Waals surface area contributed by atoms with E-state index in [0.29, 0.717) is 28.2 Å². The van der Waals surface area contributed by atoms with Crippen molar-refractivity contribution in [2.45, 2.75) is 20.0 Å². The number of thiophene rings is 1. The Labute approximate surface area is 205 Å². The normalized spacial score (nSPS) is 11.8. The summed E-state index contributed by atoms with van der Waals surface area (Å²) in [6.07, 6.45) is -3.39. The van der Waals surface area contributed by atoms with Crippen molar-refractivity contribution in [2.24, 2.45) is 5.73 Å². The van der Waals surface area contributed by atoms with Gasteiger partial charge >= 0.3 is 6.18 Å². The molecule has 0 spiro atoms. The van der Waals surface area contributed by atoms with Crippen molar-refractivity contribution in [2.75, 3.05) is 5.32 Å². The highest BCUT2D eigenvalue weighted by atomic mass is 32.1. The van der Waals surface area contributed by atoms with Crippen molar-refractivity contribution in [3.63, 3.8) is 0 Å². The molecule has 0 aliphatic carbocycles. The van der Waals surface area contributed by atoms with E-state index in [-0.39, 0.29) is 31.9 Å². The number of anilines is 1. The van der Waals surface area contributed by atoms with Crippen LogP contribution in [-0.4, -0.2) is 31.4 Å². The Morgan fingerprint density at radius 3 is 2.47 bits per heavy atom. The maximum atomic E-state index is 13.7. The maximum absolute atomic E-state index is 13.7. The van der Waals surface area contributed by atoms with Gasteiger partial charge in [-0.2, -0.15) is 18.3 Å². The molecule has 1 aromatic carbocycles. The molecule has 0 fully saturated rings. The van der Waals surface area contributed by atoms with Crippen LogP contribution in [0.5, 0.6) is 0 Å². The number of nitrogens with two attached hydrogens (primary N) is 1. The number of nitrogens with zero attached hydrogens (tertiary/aromatic N) is 4. The lowest BCUT2D eigenvalue weighted by Crippen LogP contribution is -2.17. The van der Waals surface area contributed by atoms with E-state index in [1.807, 2.05) is 6.92 Å². The molecule has 182 valence electrons. The smallest absolute Gasteiger partial charge is 0.365 e. The number of benzene rings is 1. The van der Waals surface area contributed by atoms with Crippen LogP contribution in [0.15, 0.2) is 48.7 Å². The molecule has 0 saturated heterocycles. The summed E-state index contributed by atoms with van der Waals surface area (Å²) in [4.78, 5) is 33.6. The average molecular weight is 511 g/mol. The highest BCUT2D eigenvalue weighted by Gasteiger charge is 2.35. The number of halogens is 3. The summed E-state index contributed by atoms with van der Waals surface area (Å²) in [5.74, 6) is -1.56. The number of hydrogen-bond acceptors (Lipinski definition) is 6. The van der Waals surface area contributed by atoms with Gasteiger partial charge in [-0.25, -0.2) is 14.5 Å². The quantitative estimate of drug-likeness (QED) is 0.353. The molecular weight excluding hydrogens is 493 g/mol. The van der Waals surface area contributed by atoms with Gasteiger partial charge in [0.25, 0.3) is 11.8 Å². The summed E-state index contributed by atoms with van der Waals surface area (Å²) in [7, 11) is 0. The Kier molecular flexibility index (Phi) is 5.47. The lowest BCUT2D eigenvalue weighted by molar-refractivity contribution is -0.140. The number of nitrogens with one attached hydrogen (secondary N) is 1. The number of amides is 2. The molecule has 5 rings (SSSR count). The number of aromatic nitrogens is 4. The van der Waals surface area contributed by atoms with E-state index in [1.54, 1.807) is 43.3 Å². The van der Waals surface area contributed by atoms with Crippen LogP contribution in [-0.2, 0) is 6.18 Å². The summed E-state index contributed by atoms with van der Waals surface area (Å²) < 4.78 is 42.4. The van der Waals surface area contributed by atoms with Gasteiger partial charge in [-0.3, -0.25) is 9.59 Å². The predicted octanol–water partition coefficient (Wildman–Crippen LogP) is 4.99. The van der Waals surface area contributed by atoms with Gasteiger partial charge in [0.2, 0.25) is 0 Å². The molecule has 8 nitrogen and oxygen atoms in total. The molecule has 5 aromatic rings. The number of hydrogen-bond donors (Lipinski definition) is 2. The number of primary amides is 1. The van der Waals surface area contributed by atoms with Crippen LogP contribution in [0.25, 0.3) is 27.0 Å². The van der Waals surface area contributed by atoms with E-state index < -0.39 is 23.7 Å². The van der Waals surface area contributed by atoms with Gasteiger partial charge in [0.05, 0.1) is 11.9 Å². The Hall–Kier alpha value is -4.32. The summed E-state index contributed by atoms with van der Waals surface area (Å²) in [6.45, 7) is 3.58. The van der Waals surface area contributed by atoms with Crippen LogP contribution in [0.3, 0.4) is 0 Å². The van der Waals surface area contributed by atoms with Crippen molar-refractivity contribution in [3.05, 3.63) is 76.2 Å². The molecule has 3 N–H and O–H groups in total. The van der Waals surface area contributed by atoms with Crippen LogP contribution in [0.2, 0.25) is 0 Å². The van der Waals surface area contributed by atoms with Crippen LogP contribution in [0.1, 0.15) is 37.1 Å². The maximum Gasteiger partial charge on any atom is 0.433 e. The van der Waals surface area contributed by atoms with Gasteiger partial charge < -0.3 is 11.1 Å². The minimum absolute atomic E-state index is 0.0173. The van der Waals surface area contributed by atoms with Crippen LogP contribution in [0, 0.1) is 13.8 Å². The van der Waals surface area contributed by atoms with Gasteiger partial charge in [0.1, 0.15) is 21.0 Å². The third-order valence-corrected chi connectivity index (χ3v) is 6.62. The van der Waals surface area contributed by atoms with E-state index in [4.69, 9.17) is 5.73 Å². The Balaban J connectivity index is 1.74. The minimum atomic E-state index is -4.73. The molecule has 2 amide bonds. The summed E-state index contributed by atoms with van der Waals surface area (Å²) in [6, 6.07) is 11.0. The number of aryl methyl sites for hydroxylation is 2. The number of rotatable bonds is 4. The Morgan fingerprint density at radius 2 is 1.81 bits per heavy atom.